The van der Waals surface area contributed by atoms with Crippen molar-refractivity contribution < 1.29 is 9.59 Å². The van der Waals surface area contributed by atoms with Gasteiger partial charge in [-0.1, -0.05) is 60.7 Å². The van der Waals surface area contributed by atoms with Gasteiger partial charge in [0, 0.05) is 10.8 Å². The van der Waals surface area contributed by atoms with Crippen LogP contribution in [0.2, 0.25) is 0 Å². The first-order valence-electron chi connectivity index (χ1n) is 12.7. The molecular formula is C34H21N3O2. The predicted octanol–water partition coefficient (Wildman–Crippen LogP) is 7.43. The van der Waals surface area contributed by atoms with Crippen LogP contribution < -0.4 is 4.90 Å². The van der Waals surface area contributed by atoms with E-state index >= 15 is 0 Å². The molecule has 5 aromatic carbocycles. The third-order valence-corrected chi connectivity index (χ3v) is 7.49. The van der Waals surface area contributed by atoms with Crippen LogP contribution in [0.3, 0.4) is 0 Å². The van der Waals surface area contributed by atoms with E-state index in [1.54, 1.807) is 18.2 Å². The zero-order chi connectivity index (χ0) is 26.7. The lowest BCUT2D eigenvalue weighted by molar-refractivity contribution is 0.0926. The Balaban J connectivity index is 1.52. The van der Waals surface area contributed by atoms with Gasteiger partial charge in [0.2, 0.25) is 0 Å². The van der Waals surface area contributed by atoms with Gasteiger partial charge in [-0.2, -0.15) is 5.26 Å². The highest BCUT2D eigenvalue weighted by molar-refractivity contribution is 6.35. The number of aromatic nitrogens is 1. The summed E-state index contributed by atoms with van der Waals surface area (Å²) >= 11 is 0. The average Bonchev–Trinajstić information content (AvgIpc) is 3.44. The van der Waals surface area contributed by atoms with Gasteiger partial charge >= 0.3 is 0 Å². The number of nitrogens with zero attached hydrogens (tertiary/aromatic N) is 3. The highest BCUT2D eigenvalue weighted by Gasteiger charge is 2.39. The number of rotatable bonds is 3. The van der Waals surface area contributed by atoms with Crippen LogP contribution in [0.1, 0.15) is 31.8 Å². The van der Waals surface area contributed by atoms with Crippen LogP contribution in [0, 0.1) is 18.3 Å². The lowest BCUT2D eigenvalue weighted by Gasteiger charge is -2.14. The number of carbonyl (C=O) groups is 2. The number of benzene rings is 5. The monoisotopic (exact) mass is 503 g/mol. The quantitative estimate of drug-likeness (QED) is 0.236. The topological polar surface area (TPSA) is 66.1 Å². The highest BCUT2D eigenvalue weighted by Crippen LogP contribution is 2.41. The summed E-state index contributed by atoms with van der Waals surface area (Å²) in [5.41, 5.74) is 7.62. The number of nitriles is 1. The van der Waals surface area contributed by atoms with E-state index in [0.717, 1.165) is 38.5 Å². The molecule has 39 heavy (non-hydrogen) atoms. The third kappa shape index (κ3) is 3.25. The molecule has 6 aromatic rings. The van der Waals surface area contributed by atoms with Crippen LogP contribution in [0.4, 0.5) is 5.69 Å². The van der Waals surface area contributed by atoms with Crippen molar-refractivity contribution in [1.82, 2.24) is 4.57 Å². The number of hydrogen-bond acceptors (Lipinski definition) is 3. The molecule has 5 nitrogen and oxygen atoms in total. The fourth-order valence-corrected chi connectivity index (χ4v) is 5.80. The Bertz CT molecular complexity index is 2030. The van der Waals surface area contributed by atoms with Gasteiger partial charge in [-0.05, 0) is 72.1 Å². The Morgan fingerprint density at radius 2 is 1.38 bits per heavy atom. The summed E-state index contributed by atoms with van der Waals surface area (Å²) in [4.78, 5) is 28.6. The molecule has 0 N–H and O–H groups in total. The number of imide groups is 1. The molecule has 0 unspecified atom stereocenters. The Morgan fingerprint density at radius 1 is 0.667 bits per heavy atom. The average molecular weight is 504 g/mol. The summed E-state index contributed by atoms with van der Waals surface area (Å²) in [6.45, 7) is 2.01. The maximum absolute atomic E-state index is 13.9. The maximum Gasteiger partial charge on any atom is 0.268 e. The minimum absolute atomic E-state index is 0.322. The van der Waals surface area contributed by atoms with Gasteiger partial charge < -0.3 is 4.57 Å². The fraction of sp³-hybridized carbons (Fsp3) is 0.0294. The van der Waals surface area contributed by atoms with Crippen molar-refractivity contribution in [1.29, 1.82) is 5.26 Å². The molecule has 1 aromatic heterocycles. The maximum atomic E-state index is 13.9. The van der Waals surface area contributed by atoms with Crippen molar-refractivity contribution in [2.75, 3.05) is 4.90 Å². The van der Waals surface area contributed by atoms with Crippen LogP contribution in [-0.4, -0.2) is 16.4 Å². The summed E-state index contributed by atoms with van der Waals surface area (Å²) in [5.74, 6) is -0.653. The van der Waals surface area contributed by atoms with Crippen LogP contribution in [0.25, 0.3) is 38.6 Å². The van der Waals surface area contributed by atoms with E-state index in [9.17, 15) is 14.9 Å². The van der Waals surface area contributed by atoms with Gasteiger partial charge in [0.05, 0.1) is 45.2 Å². The second-order valence-corrected chi connectivity index (χ2v) is 9.67. The van der Waals surface area contributed by atoms with Gasteiger partial charge in [0.25, 0.3) is 11.8 Å². The number of amides is 2. The predicted molar refractivity (Wildman–Crippen MR) is 153 cm³/mol. The molecule has 0 radical (unpaired) electrons. The minimum atomic E-state index is -0.332. The molecular weight excluding hydrogens is 482 g/mol. The van der Waals surface area contributed by atoms with E-state index in [4.69, 9.17) is 0 Å². The van der Waals surface area contributed by atoms with Crippen molar-refractivity contribution in [2.45, 2.75) is 6.92 Å². The third-order valence-electron chi connectivity index (χ3n) is 7.49. The van der Waals surface area contributed by atoms with Crippen molar-refractivity contribution in [3.63, 3.8) is 0 Å². The molecule has 2 heterocycles. The first kappa shape index (κ1) is 22.7. The lowest BCUT2D eigenvalue weighted by atomic mass is 9.95. The number of para-hydroxylation sites is 2. The summed E-state index contributed by atoms with van der Waals surface area (Å²) in [5, 5.41) is 11.5. The molecule has 0 bridgehead atoms. The van der Waals surface area contributed by atoms with Gasteiger partial charge in [0.1, 0.15) is 0 Å². The fourth-order valence-electron chi connectivity index (χ4n) is 5.80. The van der Waals surface area contributed by atoms with E-state index in [-0.39, 0.29) is 11.8 Å². The molecule has 0 saturated carbocycles. The molecule has 184 valence electrons. The Hall–Kier alpha value is -5.47. The van der Waals surface area contributed by atoms with Crippen LogP contribution in [0.15, 0.2) is 109 Å². The largest absolute Gasteiger partial charge is 0.308 e. The zero-order valence-electron chi connectivity index (χ0n) is 21.1. The van der Waals surface area contributed by atoms with E-state index in [2.05, 4.69) is 22.8 Å². The van der Waals surface area contributed by atoms with E-state index in [1.165, 1.54) is 4.90 Å². The molecule has 0 aliphatic carbocycles. The van der Waals surface area contributed by atoms with E-state index in [1.807, 2.05) is 85.8 Å². The van der Waals surface area contributed by atoms with Crippen molar-refractivity contribution in [2.24, 2.45) is 0 Å². The van der Waals surface area contributed by atoms with Gasteiger partial charge in [-0.15, -0.1) is 0 Å². The summed E-state index contributed by atoms with van der Waals surface area (Å²) in [6, 6.07) is 36.7. The molecule has 0 fully saturated rings. The number of fused-ring (bicyclic) bond motifs is 4. The lowest BCUT2D eigenvalue weighted by Crippen LogP contribution is -2.29. The first-order chi connectivity index (χ1) is 19.1. The second-order valence-electron chi connectivity index (χ2n) is 9.67. The van der Waals surface area contributed by atoms with Crippen LogP contribution >= 0.6 is 0 Å². The minimum Gasteiger partial charge on any atom is -0.308 e. The van der Waals surface area contributed by atoms with Crippen LogP contribution in [-0.2, 0) is 0 Å². The van der Waals surface area contributed by atoms with Crippen LogP contribution in [0.5, 0.6) is 0 Å². The van der Waals surface area contributed by atoms with Crippen molar-refractivity contribution in [3.05, 3.63) is 131 Å². The Morgan fingerprint density at radius 3 is 2.18 bits per heavy atom. The number of hydrogen-bond donors (Lipinski definition) is 0. The molecule has 7 rings (SSSR count). The second kappa shape index (κ2) is 8.54. The number of carbonyl (C=O) groups excluding carboxylic acids is 2. The highest BCUT2D eigenvalue weighted by atomic mass is 16.2. The Kier molecular flexibility index (Phi) is 4.97. The smallest absolute Gasteiger partial charge is 0.268 e. The molecule has 1 aliphatic heterocycles. The zero-order valence-corrected chi connectivity index (χ0v) is 21.1. The first-order valence-corrected chi connectivity index (χ1v) is 12.7. The molecule has 2 amide bonds. The van der Waals surface area contributed by atoms with Gasteiger partial charge in [-0.3, -0.25) is 9.59 Å². The van der Waals surface area contributed by atoms with Crippen molar-refractivity contribution >= 4 is 39.3 Å². The number of anilines is 1. The Labute approximate surface area is 224 Å². The molecule has 0 saturated heterocycles. The SMILES string of the molecule is Cc1cc(C#N)ccc1-c1cccc2c1c1ccccc1n2-c1cccc2c1C(=O)N(c1ccccc1)C2=O. The molecule has 1 aliphatic rings. The van der Waals surface area contributed by atoms with Gasteiger partial charge in [-0.25, -0.2) is 4.90 Å². The molecule has 0 atom stereocenters. The van der Waals surface area contributed by atoms with E-state index < -0.39 is 0 Å². The molecule has 0 spiro atoms. The van der Waals surface area contributed by atoms with Crippen molar-refractivity contribution in [3.8, 4) is 22.9 Å². The number of aryl methyl sites for hydroxylation is 1. The van der Waals surface area contributed by atoms with Gasteiger partial charge in [0.15, 0.2) is 0 Å². The standard InChI is InChI=1S/C34H21N3O2/c1-21-19-22(20-35)17-18-24(21)25-12-7-15-29-31(25)26-11-5-6-14-28(26)37(29)30-16-8-13-27-32(30)34(39)36(33(27)38)23-9-3-2-4-10-23/h2-19H,1H3. The summed E-state index contributed by atoms with van der Waals surface area (Å²) in [7, 11) is 0. The normalized spacial score (nSPS) is 12.8. The summed E-state index contributed by atoms with van der Waals surface area (Å²) in [6.07, 6.45) is 0. The summed E-state index contributed by atoms with van der Waals surface area (Å²) < 4.78 is 2.09. The molecule has 5 heteroatoms. The van der Waals surface area contributed by atoms with E-state index in [0.29, 0.717) is 28.1 Å².